The molecular formula is C10H6BrF3O3. The molecule has 0 aliphatic heterocycles. The fourth-order valence-corrected chi connectivity index (χ4v) is 1.88. The Bertz CT molecular complexity index is 469. The number of halogens is 4. The number of ether oxygens (including phenoxy) is 1. The number of rotatable bonds is 3. The van der Waals surface area contributed by atoms with Crippen LogP contribution in [0.15, 0.2) is 16.6 Å². The minimum absolute atomic E-state index is 0.00912. The summed E-state index contributed by atoms with van der Waals surface area (Å²) in [5.41, 5.74) is -0.283. The predicted octanol–water partition coefficient (Wildman–Crippen LogP) is 3.36. The lowest BCUT2D eigenvalue weighted by Crippen LogP contribution is -2.19. The monoisotopic (exact) mass is 310 g/mol. The Morgan fingerprint density at radius 2 is 2.00 bits per heavy atom. The summed E-state index contributed by atoms with van der Waals surface area (Å²) in [5, 5.41) is 0. The van der Waals surface area contributed by atoms with Crippen LogP contribution in [0.1, 0.15) is 27.6 Å². The van der Waals surface area contributed by atoms with Crippen LogP contribution >= 0.6 is 15.9 Å². The third-order valence-corrected chi connectivity index (χ3v) is 2.64. The Morgan fingerprint density at radius 1 is 1.41 bits per heavy atom. The van der Waals surface area contributed by atoms with Crippen LogP contribution in [-0.2, 0) is 0 Å². The molecule has 0 unspecified atom stereocenters. The summed E-state index contributed by atoms with van der Waals surface area (Å²) in [5.74, 6) is -1.15. The smallest absolute Gasteiger partial charge is 0.404 e. The molecule has 0 radical (unpaired) electrons. The molecule has 0 atom stereocenters. The summed E-state index contributed by atoms with van der Waals surface area (Å²) in [6.45, 7) is 1.19. The maximum absolute atomic E-state index is 12.1. The average Bonchev–Trinajstić information content (AvgIpc) is 2.18. The highest BCUT2D eigenvalue weighted by atomic mass is 79.9. The van der Waals surface area contributed by atoms with E-state index in [9.17, 15) is 22.8 Å². The van der Waals surface area contributed by atoms with Crippen molar-refractivity contribution >= 4 is 28.0 Å². The van der Waals surface area contributed by atoms with Gasteiger partial charge < -0.3 is 4.74 Å². The Labute approximate surface area is 103 Å². The van der Waals surface area contributed by atoms with Crippen molar-refractivity contribution in [1.82, 2.24) is 0 Å². The molecule has 0 spiro atoms. The summed E-state index contributed by atoms with van der Waals surface area (Å²) in [6, 6.07) is 2.34. The molecule has 0 fully saturated rings. The zero-order valence-corrected chi connectivity index (χ0v) is 10.1. The first-order valence-electron chi connectivity index (χ1n) is 4.30. The molecule has 1 rings (SSSR count). The van der Waals surface area contributed by atoms with Crippen molar-refractivity contribution in [3.8, 4) is 5.75 Å². The van der Waals surface area contributed by atoms with Crippen LogP contribution in [0, 0.1) is 0 Å². The SMILES string of the molecule is CC(=O)c1ccc(C=O)c(OC(F)(F)F)c1Br. The van der Waals surface area contributed by atoms with Gasteiger partial charge in [0.15, 0.2) is 17.8 Å². The fourth-order valence-electron chi connectivity index (χ4n) is 1.16. The van der Waals surface area contributed by atoms with Crippen molar-refractivity contribution in [3.05, 3.63) is 27.7 Å². The number of hydrogen-bond donors (Lipinski definition) is 0. The van der Waals surface area contributed by atoms with Gasteiger partial charge in [0, 0.05) is 5.56 Å². The molecule has 92 valence electrons. The van der Waals surface area contributed by atoms with Crippen LogP contribution in [0.25, 0.3) is 0 Å². The number of benzene rings is 1. The van der Waals surface area contributed by atoms with E-state index in [-0.39, 0.29) is 21.9 Å². The molecule has 0 heterocycles. The third-order valence-electron chi connectivity index (χ3n) is 1.85. The van der Waals surface area contributed by atoms with Crippen molar-refractivity contribution in [3.63, 3.8) is 0 Å². The number of ketones is 1. The van der Waals surface area contributed by atoms with Crippen LogP contribution in [-0.4, -0.2) is 18.4 Å². The standard InChI is InChI=1S/C10H6BrF3O3/c1-5(16)7-3-2-6(4-15)9(8(7)11)17-10(12,13)14/h2-4H,1H3. The Balaban J connectivity index is 3.37. The highest BCUT2D eigenvalue weighted by Gasteiger charge is 2.33. The van der Waals surface area contributed by atoms with E-state index >= 15 is 0 Å². The lowest BCUT2D eigenvalue weighted by atomic mass is 10.1. The Hall–Kier alpha value is -1.37. The number of Topliss-reactive ketones (excluding diaryl/α,β-unsaturated/α-hetero) is 1. The van der Waals surface area contributed by atoms with Crippen molar-refractivity contribution in [2.45, 2.75) is 13.3 Å². The zero-order valence-electron chi connectivity index (χ0n) is 8.47. The topological polar surface area (TPSA) is 43.4 Å². The van der Waals surface area contributed by atoms with Gasteiger partial charge in [-0.1, -0.05) is 0 Å². The summed E-state index contributed by atoms with van der Waals surface area (Å²) in [7, 11) is 0. The number of carbonyl (C=O) groups excluding carboxylic acids is 2. The summed E-state index contributed by atoms with van der Waals surface area (Å²) < 4.78 is 39.9. The molecule has 0 aromatic heterocycles. The van der Waals surface area contributed by atoms with E-state index in [0.717, 1.165) is 6.07 Å². The normalized spacial score (nSPS) is 11.1. The summed E-state index contributed by atoms with van der Waals surface area (Å²) >= 11 is 2.82. The molecule has 17 heavy (non-hydrogen) atoms. The molecule has 3 nitrogen and oxygen atoms in total. The minimum atomic E-state index is -4.93. The van der Waals surface area contributed by atoms with Gasteiger partial charge in [-0.15, -0.1) is 13.2 Å². The van der Waals surface area contributed by atoms with E-state index in [4.69, 9.17) is 0 Å². The largest absolute Gasteiger partial charge is 0.573 e. The van der Waals surface area contributed by atoms with E-state index in [0.29, 0.717) is 0 Å². The van der Waals surface area contributed by atoms with E-state index in [1.807, 2.05) is 0 Å². The third kappa shape index (κ3) is 3.29. The molecule has 0 aliphatic rings. The molecule has 0 N–H and O–H groups in total. The van der Waals surface area contributed by atoms with Gasteiger partial charge in [0.1, 0.15) is 0 Å². The van der Waals surface area contributed by atoms with Crippen molar-refractivity contribution in [2.75, 3.05) is 0 Å². The first kappa shape index (κ1) is 13.7. The Morgan fingerprint density at radius 3 is 2.41 bits per heavy atom. The molecule has 0 aliphatic carbocycles. The number of aldehydes is 1. The lowest BCUT2D eigenvalue weighted by Gasteiger charge is -2.14. The van der Waals surface area contributed by atoms with E-state index in [1.165, 1.54) is 13.0 Å². The first-order valence-corrected chi connectivity index (χ1v) is 5.10. The molecule has 0 saturated heterocycles. The van der Waals surface area contributed by atoms with Gasteiger partial charge in [0.05, 0.1) is 10.0 Å². The maximum Gasteiger partial charge on any atom is 0.573 e. The van der Waals surface area contributed by atoms with Crippen LogP contribution < -0.4 is 4.74 Å². The van der Waals surface area contributed by atoms with E-state index < -0.39 is 17.9 Å². The van der Waals surface area contributed by atoms with Crippen LogP contribution in [0.2, 0.25) is 0 Å². The first-order chi connectivity index (χ1) is 7.76. The summed E-state index contributed by atoms with van der Waals surface area (Å²) in [4.78, 5) is 21.7. The molecule has 0 amide bonds. The van der Waals surface area contributed by atoms with E-state index in [2.05, 4.69) is 20.7 Å². The maximum atomic E-state index is 12.1. The second-order valence-electron chi connectivity index (χ2n) is 3.07. The molecular weight excluding hydrogens is 305 g/mol. The van der Waals surface area contributed by atoms with Gasteiger partial charge in [-0.3, -0.25) is 9.59 Å². The average molecular weight is 311 g/mol. The van der Waals surface area contributed by atoms with Gasteiger partial charge in [0.2, 0.25) is 0 Å². The highest BCUT2D eigenvalue weighted by molar-refractivity contribution is 9.10. The second kappa shape index (κ2) is 4.87. The number of carbonyl (C=O) groups is 2. The lowest BCUT2D eigenvalue weighted by molar-refractivity contribution is -0.275. The minimum Gasteiger partial charge on any atom is -0.404 e. The molecule has 1 aromatic carbocycles. The number of hydrogen-bond acceptors (Lipinski definition) is 3. The number of alkyl halides is 3. The van der Waals surface area contributed by atoms with Gasteiger partial charge in [-0.2, -0.15) is 0 Å². The Kier molecular flexibility index (Phi) is 3.92. The van der Waals surface area contributed by atoms with Crippen LogP contribution in [0.5, 0.6) is 5.75 Å². The predicted molar refractivity (Wildman–Crippen MR) is 56.2 cm³/mol. The van der Waals surface area contributed by atoms with Crippen molar-refractivity contribution in [2.24, 2.45) is 0 Å². The zero-order chi connectivity index (χ0) is 13.2. The van der Waals surface area contributed by atoms with Crippen molar-refractivity contribution < 1.29 is 27.5 Å². The summed E-state index contributed by atoms with van der Waals surface area (Å²) in [6.07, 6.45) is -4.72. The molecule has 1 aromatic rings. The van der Waals surface area contributed by atoms with Gasteiger partial charge in [-0.25, -0.2) is 0 Å². The second-order valence-corrected chi connectivity index (χ2v) is 3.86. The molecule has 7 heteroatoms. The van der Waals surface area contributed by atoms with Gasteiger partial charge in [0.25, 0.3) is 0 Å². The molecule has 0 bridgehead atoms. The van der Waals surface area contributed by atoms with Gasteiger partial charge in [-0.05, 0) is 35.0 Å². The highest BCUT2D eigenvalue weighted by Crippen LogP contribution is 2.35. The fraction of sp³-hybridized carbons (Fsp3) is 0.200. The van der Waals surface area contributed by atoms with Crippen LogP contribution in [0.3, 0.4) is 0 Å². The quantitative estimate of drug-likeness (QED) is 0.635. The van der Waals surface area contributed by atoms with E-state index in [1.54, 1.807) is 0 Å². The molecule has 0 saturated carbocycles. The van der Waals surface area contributed by atoms with Gasteiger partial charge >= 0.3 is 6.36 Å². The van der Waals surface area contributed by atoms with Crippen LogP contribution in [0.4, 0.5) is 13.2 Å². The van der Waals surface area contributed by atoms with Crippen molar-refractivity contribution in [1.29, 1.82) is 0 Å².